The minimum atomic E-state index is -0.758. The quantitative estimate of drug-likeness (QED) is 0.0653. The lowest BCUT2D eigenvalue weighted by molar-refractivity contribution is 0.281. The molecule has 9 nitrogen and oxygen atoms in total. The predicted molar refractivity (Wildman–Crippen MR) is 222 cm³/mol. The van der Waals surface area contributed by atoms with E-state index < -0.39 is 5.41 Å². The largest absolute Gasteiger partial charge is 0.507 e. The van der Waals surface area contributed by atoms with Crippen LogP contribution in [0.5, 0.6) is 17.2 Å². The van der Waals surface area contributed by atoms with E-state index in [1.54, 1.807) is 0 Å². The highest BCUT2D eigenvalue weighted by Crippen LogP contribution is 2.46. The average molecular weight is 733 g/mol. The molecule has 0 bridgehead atoms. The minimum absolute atomic E-state index is 0.200. The average Bonchev–Trinajstić information content (AvgIpc) is 3.18. The van der Waals surface area contributed by atoms with Gasteiger partial charge in [0, 0.05) is 78.1 Å². The molecule has 0 saturated heterocycles. The molecule has 0 aliphatic heterocycles. The molecule has 3 rings (SSSR count). The summed E-state index contributed by atoms with van der Waals surface area (Å²) >= 11 is 0. The van der Waals surface area contributed by atoms with Gasteiger partial charge in [-0.1, -0.05) is 62.3 Å². The lowest BCUT2D eigenvalue weighted by Crippen LogP contribution is -2.30. The van der Waals surface area contributed by atoms with Crippen LogP contribution in [-0.2, 0) is 44.7 Å². The number of aromatic hydroxyl groups is 3. The van der Waals surface area contributed by atoms with Crippen LogP contribution in [-0.4, -0.2) is 93.8 Å². The minimum Gasteiger partial charge on any atom is -0.507 e. The molecule has 0 fully saturated rings. The van der Waals surface area contributed by atoms with E-state index in [1.807, 2.05) is 0 Å². The second kappa shape index (κ2) is 21.1. The van der Waals surface area contributed by atoms with Crippen LogP contribution < -0.4 is 11.1 Å². The zero-order chi connectivity index (χ0) is 39.3. The number of nitrogens with zero attached hydrogens (tertiary/aromatic N) is 4. The normalized spacial score (nSPS) is 13.2. The molecule has 0 heterocycles. The number of phenols is 3. The summed E-state index contributed by atoms with van der Waals surface area (Å²) in [5.41, 5.74) is 13.8. The Morgan fingerprint density at radius 1 is 0.472 bits per heavy atom. The van der Waals surface area contributed by atoms with Crippen LogP contribution in [0.4, 0.5) is 0 Å². The summed E-state index contributed by atoms with van der Waals surface area (Å²) in [5.74, 6) is 0.933. The Kier molecular flexibility index (Phi) is 17.6. The van der Waals surface area contributed by atoms with Crippen molar-refractivity contribution in [2.75, 3.05) is 58.9 Å². The van der Waals surface area contributed by atoms with Gasteiger partial charge in [0.25, 0.3) is 0 Å². The summed E-state index contributed by atoms with van der Waals surface area (Å²) in [4.78, 5) is 9.31. The first-order chi connectivity index (χ1) is 25.4. The summed E-state index contributed by atoms with van der Waals surface area (Å²) < 4.78 is 0. The van der Waals surface area contributed by atoms with Crippen LogP contribution in [0.1, 0.15) is 119 Å². The van der Waals surface area contributed by atoms with Crippen LogP contribution in [0.3, 0.4) is 0 Å². The van der Waals surface area contributed by atoms with Crippen molar-refractivity contribution in [1.82, 2.24) is 24.9 Å². The smallest absolute Gasteiger partial charge is 0.124 e. The lowest BCUT2D eigenvalue weighted by Gasteiger charge is -2.36. The van der Waals surface area contributed by atoms with Crippen molar-refractivity contribution >= 4 is 0 Å². The van der Waals surface area contributed by atoms with Gasteiger partial charge in [-0.25, -0.2) is 0 Å². The maximum absolute atomic E-state index is 11.9. The van der Waals surface area contributed by atoms with E-state index in [1.165, 1.54) is 0 Å². The zero-order valence-electron chi connectivity index (χ0n) is 34.8. The summed E-state index contributed by atoms with van der Waals surface area (Å²) in [6, 6.07) is 13.0. The Balaban J connectivity index is 2.57. The van der Waals surface area contributed by atoms with E-state index in [4.69, 9.17) is 5.73 Å². The third-order valence-corrected chi connectivity index (χ3v) is 11.5. The van der Waals surface area contributed by atoms with Gasteiger partial charge in [0.05, 0.1) is 0 Å². The standard InChI is InChI=1S/C44H72N6O3/c1-11-46-27-33-21-39(23-35(42(33)52)29-48(14-4)15-5)44(10,38-20-32(26-45)41(51)34(22-38)28-47(12-2)13-3)40-24-36(30-49(16-6)17-7)43(53)37(25-40)31-50(18-8)19-9/h20-25,46,51-53H,11-19,26-31,45H2,1-10H3/t44-/m0/s1. The van der Waals surface area contributed by atoms with Gasteiger partial charge in [0.2, 0.25) is 0 Å². The Morgan fingerprint density at radius 2 is 0.736 bits per heavy atom. The number of hydrogen-bond acceptors (Lipinski definition) is 9. The third-order valence-electron chi connectivity index (χ3n) is 11.5. The van der Waals surface area contributed by atoms with Crippen LogP contribution >= 0.6 is 0 Å². The first-order valence-corrected chi connectivity index (χ1v) is 20.3. The Hall–Kier alpha value is -3.18. The summed E-state index contributed by atoms with van der Waals surface area (Å²) in [7, 11) is 0. The van der Waals surface area contributed by atoms with E-state index in [9.17, 15) is 15.3 Å². The molecular weight excluding hydrogens is 661 g/mol. The van der Waals surface area contributed by atoms with Crippen LogP contribution in [0, 0.1) is 0 Å². The number of nitrogens with one attached hydrogen (secondary N) is 1. The van der Waals surface area contributed by atoms with Crippen molar-refractivity contribution in [2.45, 2.75) is 114 Å². The molecule has 6 N–H and O–H groups in total. The molecule has 296 valence electrons. The molecule has 0 aromatic heterocycles. The number of phenolic OH excluding ortho intramolecular Hbond substituents is 3. The van der Waals surface area contributed by atoms with Crippen LogP contribution in [0.25, 0.3) is 0 Å². The van der Waals surface area contributed by atoms with Gasteiger partial charge in [-0.2, -0.15) is 0 Å². The predicted octanol–water partition coefficient (Wildman–Crippen LogP) is 7.09. The lowest BCUT2D eigenvalue weighted by atomic mass is 9.68. The third kappa shape index (κ3) is 10.5. The molecule has 53 heavy (non-hydrogen) atoms. The molecule has 1 atom stereocenters. The van der Waals surface area contributed by atoms with Crippen LogP contribution in [0.15, 0.2) is 36.4 Å². The number of hydrogen-bond donors (Lipinski definition) is 5. The molecule has 9 heteroatoms. The highest BCUT2D eigenvalue weighted by molar-refractivity contribution is 5.60. The molecule has 0 aliphatic rings. The Bertz CT molecular complexity index is 1540. The second-order valence-electron chi connectivity index (χ2n) is 14.4. The van der Waals surface area contributed by atoms with Crippen LogP contribution in [0.2, 0.25) is 0 Å². The van der Waals surface area contributed by atoms with E-state index in [-0.39, 0.29) is 12.3 Å². The van der Waals surface area contributed by atoms with E-state index in [0.717, 1.165) is 103 Å². The molecule has 0 aliphatic carbocycles. The molecule has 0 radical (unpaired) electrons. The van der Waals surface area contributed by atoms with Gasteiger partial charge in [0.15, 0.2) is 0 Å². The molecular formula is C44H72N6O3. The van der Waals surface area contributed by atoms with Gasteiger partial charge >= 0.3 is 0 Å². The fraction of sp³-hybridized carbons (Fsp3) is 0.591. The van der Waals surface area contributed by atoms with Crippen molar-refractivity contribution < 1.29 is 15.3 Å². The molecule has 0 amide bonds. The van der Waals surface area contributed by atoms with Gasteiger partial charge in [-0.15, -0.1) is 0 Å². The summed E-state index contributed by atoms with van der Waals surface area (Å²) in [6.45, 7) is 32.5. The number of rotatable bonds is 23. The molecule has 3 aromatic carbocycles. The summed E-state index contributed by atoms with van der Waals surface area (Å²) in [6.07, 6.45) is 0. The Labute approximate surface area is 321 Å². The number of benzene rings is 3. The second-order valence-corrected chi connectivity index (χ2v) is 14.4. The van der Waals surface area contributed by atoms with Crippen molar-refractivity contribution in [2.24, 2.45) is 5.73 Å². The SMILES string of the molecule is CCNCc1cc([C@](C)(c2cc(CN)c(O)c(CN(CC)CC)c2)c2cc(CN(CC)CC)c(O)c(CN(CC)CC)c2)cc(CN(CC)CC)c1O. The summed E-state index contributed by atoms with van der Waals surface area (Å²) in [5, 5.41) is 38.7. The van der Waals surface area contributed by atoms with Gasteiger partial charge in [-0.3, -0.25) is 19.6 Å². The maximum Gasteiger partial charge on any atom is 0.124 e. The Morgan fingerprint density at radius 3 is 1.02 bits per heavy atom. The van der Waals surface area contributed by atoms with Crippen molar-refractivity contribution in [1.29, 1.82) is 0 Å². The molecule has 0 unspecified atom stereocenters. The first kappa shape index (κ1) is 44.2. The van der Waals surface area contributed by atoms with Crippen molar-refractivity contribution in [3.63, 3.8) is 0 Å². The molecule has 0 spiro atoms. The topological polar surface area (TPSA) is 112 Å². The van der Waals surface area contributed by atoms with E-state index in [2.05, 4.69) is 131 Å². The first-order valence-electron chi connectivity index (χ1n) is 20.3. The van der Waals surface area contributed by atoms with E-state index in [0.29, 0.717) is 49.8 Å². The highest BCUT2D eigenvalue weighted by Gasteiger charge is 2.36. The maximum atomic E-state index is 11.9. The molecule has 3 aromatic rings. The highest BCUT2D eigenvalue weighted by atomic mass is 16.3. The zero-order valence-corrected chi connectivity index (χ0v) is 34.8. The monoisotopic (exact) mass is 733 g/mol. The van der Waals surface area contributed by atoms with E-state index >= 15 is 0 Å². The molecule has 0 saturated carbocycles. The van der Waals surface area contributed by atoms with Gasteiger partial charge < -0.3 is 26.4 Å². The number of nitrogens with two attached hydrogens (primary N) is 1. The van der Waals surface area contributed by atoms with Crippen molar-refractivity contribution in [3.8, 4) is 17.2 Å². The van der Waals surface area contributed by atoms with Gasteiger partial charge in [0.1, 0.15) is 17.2 Å². The fourth-order valence-corrected chi connectivity index (χ4v) is 7.43. The van der Waals surface area contributed by atoms with Crippen molar-refractivity contribution in [3.05, 3.63) is 86.5 Å². The fourth-order valence-electron chi connectivity index (χ4n) is 7.43. The van der Waals surface area contributed by atoms with Gasteiger partial charge in [-0.05, 0) is 119 Å².